The molecular formula is C16H10ClF3N4O2S. The van der Waals surface area contributed by atoms with Gasteiger partial charge in [0.1, 0.15) is 11.4 Å². The third-order valence-corrected chi connectivity index (χ3v) is 4.28. The molecule has 1 amide bonds. The molecule has 0 aromatic carbocycles. The molecule has 27 heavy (non-hydrogen) atoms. The van der Waals surface area contributed by atoms with Gasteiger partial charge in [-0.15, -0.1) is 0 Å². The van der Waals surface area contributed by atoms with Crippen molar-refractivity contribution in [1.29, 1.82) is 0 Å². The fourth-order valence-electron chi connectivity index (χ4n) is 1.98. The summed E-state index contributed by atoms with van der Waals surface area (Å²) in [6, 6.07) is 6.93. The first kappa shape index (κ1) is 19.2. The number of thioether (sulfide) groups is 1. The lowest BCUT2D eigenvalue weighted by atomic mass is 10.2. The quantitative estimate of drug-likeness (QED) is 0.375. The summed E-state index contributed by atoms with van der Waals surface area (Å²) in [7, 11) is 0. The van der Waals surface area contributed by atoms with Crippen LogP contribution in [0.2, 0.25) is 5.15 Å². The molecule has 3 rings (SSSR count). The standard InChI is InChI=1S/C16H10ClF3N4O2S/c17-14-9(3-1-5-21-14)22-13(25)8-27-15-23-10(11-4-2-6-26-11)7-12(24-15)16(18,19)20/h1-7H,8H2,(H,22,25). The highest BCUT2D eigenvalue weighted by Gasteiger charge is 2.34. The van der Waals surface area contributed by atoms with Crippen LogP contribution < -0.4 is 5.32 Å². The highest BCUT2D eigenvalue weighted by atomic mass is 35.5. The largest absolute Gasteiger partial charge is 0.463 e. The minimum absolute atomic E-state index is 0.0273. The minimum atomic E-state index is -4.66. The summed E-state index contributed by atoms with van der Waals surface area (Å²) in [5, 5.41) is 2.42. The maximum Gasteiger partial charge on any atom is 0.433 e. The Morgan fingerprint density at radius 2 is 2.07 bits per heavy atom. The molecule has 0 saturated carbocycles. The van der Waals surface area contributed by atoms with Crippen molar-refractivity contribution in [3.63, 3.8) is 0 Å². The number of halogens is 4. The Morgan fingerprint density at radius 1 is 1.26 bits per heavy atom. The molecule has 0 spiro atoms. The first-order chi connectivity index (χ1) is 12.8. The minimum Gasteiger partial charge on any atom is -0.463 e. The number of nitrogens with one attached hydrogen (secondary N) is 1. The molecule has 6 nitrogen and oxygen atoms in total. The van der Waals surface area contributed by atoms with Gasteiger partial charge in [0.25, 0.3) is 0 Å². The molecule has 3 aromatic heterocycles. The molecule has 0 atom stereocenters. The molecule has 11 heteroatoms. The van der Waals surface area contributed by atoms with E-state index in [1.165, 1.54) is 24.6 Å². The van der Waals surface area contributed by atoms with E-state index < -0.39 is 17.8 Å². The Hall–Kier alpha value is -2.59. The Labute approximate surface area is 160 Å². The number of carbonyl (C=O) groups excluding carboxylic acids is 1. The third kappa shape index (κ3) is 4.98. The molecule has 140 valence electrons. The van der Waals surface area contributed by atoms with E-state index in [-0.39, 0.29) is 27.5 Å². The topological polar surface area (TPSA) is 80.9 Å². The molecule has 1 N–H and O–H groups in total. The van der Waals surface area contributed by atoms with Gasteiger partial charge in [-0.05, 0) is 30.3 Å². The molecule has 3 heterocycles. The summed E-state index contributed by atoms with van der Waals surface area (Å²) in [6.07, 6.45) is -1.88. The number of hydrogen-bond donors (Lipinski definition) is 1. The van der Waals surface area contributed by atoms with E-state index in [4.69, 9.17) is 16.0 Å². The van der Waals surface area contributed by atoms with Gasteiger partial charge in [0.15, 0.2) is 16.1 Å². The number of aromatic nitrogens is 3. The monoisotopic (exact) mass is 414 g/mol. The second-order valence-electron chi connectivity index (χ2n) is 5.07. The molecule has 0 saturated heterocycles. The Balaban J connectivity index is 1.77. The van der Waals surface area contributed by atoms with Crippen molar-refractivity contribution in [2.75, 3.05) is 11.1 Å². The Morgan fingerprint density at radius 3 is 2.74 bits per heavy atom. The average Bonchev–Trinajstić information content (AvgIpc) is 3.16. The summed E-state index contributed by atoms with van der Waals surface area (Å²) >= 11 is 6.60. The molecule has 0 fully saturated rings. The summed E-state index contributed by atoms with van der Waals surface area (Å²) < 4.78 is 44.4. The summed E-state index contributed by atoms with van der Waals surface area (Å²) in [6.45, 7) is 0. The molecule has 0 radical (unpaired) electrons. The van der Waals surface area contributed by atoms with E-state index in [1.807, 2.05) is 0 Å². The van der Waals surface area contributed by atoms with Gasteiger partial charge in [-0.2, -0.15) is 13.2 Å². The van der Waals surface area contributed by atoms with Crippen molar-refractivity contribution in [2.45, 2.75) is 11.3 Å². The first-order valence-corrected chi connectivity index (χ1v) is 8.72. The van der Waals surface area contributed by atoms with E-state index in [0.717, 1.165) is 17.8 Å². The number of rotatable bonds is 5. The van der Waals surface area contributed by atoms with Gasteiger partial charge < -0.3 is 9.73 Å². The lowest BCUT2D eigenvalue weighted by Crippen LogP contribution is -2.15. The molecule has 0 aliphatic carbocycles. The van der Waals surface area contributed by atoms with E-state index in [1.54, 1.807) is 12.1 Å². The zero-order valence-electron chi connectivity index (χ0n) is 13.3. The summed E-state index contributed by atoms with van der Waals surface area (Å²) in [5.41, 5.74) is -0.853. The number of hydrogen-bond acceptors (Lipinski definition) is 6. The van der Waals surface area contributed by atoms with Gasteiger partial charge in [0.05, 0.1) is 17.7 Å². The van der Waals surface area contributed by atoms with Crippen LogP contribution in [0.1, 0.15) is 5.69 Å². The number of furan rings is 1. The number of carbonyl (C=O) groups is 1. The highest BCUT2D eigenvalue weighted by Crippen LogP contribution is 2.32. The first-order valence-electron chi connectivity index (χ1n) is 7.36. The SMILES string of the molecule is O=C(CSc1nc(-c2ccco2)cc(C(F)(F)F)n1)Nc1cccnc1Cl. The van der Waals surface area contributed by atoms with Gasteiger partial charge >= 0.3 is 6.18 Å². The van der Waals surface area contributed by atoms with Crippen molar-refractivity contribution in [2.24, 2.45) is 0 Å². The Kier molecular flexibility index (Phi) is 5.66. The van der Waals surface area contributed by atoms with Gasteiger partial charge in [-0.1, -0.05) is 23.4 Å². The zero-order valence-corrected chi connectivity index (χ0v) is 14.9. The second-order valence-corrected chi connectivity index (χ2v) is 6.38. The van der Waals surface area contributed by atoms with Crippen molar-refractivity contribution in [1.82, 2.24) is 15.0 Å². The normalized spacial score (nSPS) is 11.4. The molecular weight excluding hydrogens is 405 g/mol. The van der Waals surface area contributed by atoms with Crippen LogP contribution in [0.25, 0.3) is 11.5 Å². The molecule has 3 aromatic rings. The number of anilines is 1. The summed E-state index contributed by atoms with van der Waals surface area (Å²) in [5.74, 6) is -0.545. The van der Waals surface area contributed by atoms with Crippen LogP contribution >= 0.6 is 23.4 Å². The maximum atomic E-state index is 13.1. The van der Waals surface area contributed by atoms with E-state index >= 15 is 0 Å². The second kappa shape index (κ2) is 7.97. The smallest absolute Gasteiger partial charge is 0.433 e. The highest BCUT2D eigenvalue weighted by molar-refractivity contribution is 7.99. The number of alkyl halides is 3. The van der Waals surface area contributed by atoms with Crippen LogP contribution in [0, 0.1) is 0 Å². The van der Waals surface area contributed by atoms with Gasteiger partial charge in [0, 0.05) is 6.20 Å². The summed E-state index contributed by atoms with van der Waals surface area (Å²) in [4.78, 5) is 23.3. The van der Waals surface area contributed by atoms with Crippen LogP contribution in [0.4, 0.5) is 18.9 Å². The fraction of sp³-hybridized carbons (Fsp3) is 0.125. The van der Waals surface area contributed by atoms with Crippen molar-refractivity contribution >= 4 is 35.0 Å². The van der Waals surface area contributed by atoms with Crippen LogP contribution in [0.5, 0.6) is 0 Å². The molecule has 0 bridgehead atoms. The zero-order chi connectivity index (χ0) is 19.4. The number of pyridine rings is 1. The maximum absolute atomic E-state index is 13.1. The van der Waals surface area contributed by atoms with Gasteiger partial charge in [-0.25, -0.2) is 15.0 Å². The fourth-order valence-corrected chi connectivity index (χ4v) is 2.81. The molecule has 0 aliphatic heterocycles. The van der Waals surface area contributed by atoms with Crippen molar-refractivity contribution < 1.29 is 22.4 Å². The van der Waals surface area contributed by atoms with Crippen LogP contribution in [0.3, 0.4) is 0 Å². The molecule has 0 unspecified atom stereocenters. The van der Waals surface area contributed by atoms with Crippen LogP contribution in [0.15, 0.2) is 52.4 Å². The molecule has 0 aliphatic rings. The predicted octanol–water partition coefficient (Wildman–Crippen LogP) is 4.53. The number of amides is 1. The van der Waals surface area contributed by atoms with E-state index in [0.29, 0.717) is 5.69 Å². The van der Waals surface area contributed by atoms with Crippen molar-refractivity contribution in [3.05, 3.63) is 53.6 Å². The van der Waals surface area contributed by atoms with Crippen molar-refractivity contribution in [3.8, 4) is 11.5 Å². The van der Waals surface area contributed by atoms with Gasteiger partial charge in [-0.3, -0.25) is 4.79 Å². The lowest BCUT2D eigenvalue weighted by molar-refractivity contribution is -0.141. The van der Waals surface area contributed by atoms with Crippen LogP contribution in [-0.2, 0) is 11.0 Å². The van der Waals surface area contributed by atoms with E-state index in [2.05, 4.69) is 20.3 Å². The van der Waals surface area contributed by atoms with Crippen LogP contribution in [-0.4, -0.2) is 26.6 Å². The Bertz CT molecular complexity index is 951. The number of nitrogens with zero attached hydrogens (tertiary/aromatic N) is 3. The average molecular weight is 415 g/mol. The van der Waals surface area contributed by atoms with Gasteiger partial charge in [0.2, 0.25) is 5.91 Å². The third-order valence-electron chi connectivity index (χ3n) is 3.14. The lowest BCUT2D eigenvalue weighted by Gasteiger charge is -2.09. The van der Waals surface area contributed by atoms with E-state index in [9.17, 15) is 18.0 Å². The predicted molar refractivity (Wildman–Crippen MR) is 93.3 cm³/mol.